The van der Waals surface area contributed by atoms with Gasteiger partial charge in [0.05, 0.1) is 6.61 Å². The number of carbonyl (C=O) groups is 1. The van der Waals surface area contributed by atoms with Crippen molar-refractivity contribution in [3.63, 3.8) is 0 Å². The fraction of sp³-hybridized carbons (Fsp3) is 0.714. The molecule has 0 N–H and O–H groups in total. The fourth-order valence-electron chi connectivity index (χ4n) is 2.46. The van der Waals surface area contributed by atoms with Gasteiger partial charge < -0.3 is 14.5 Å². The molecule has 0 saturated carbocycles. The fourth-order valence-corrected chi connectivity index (χ4v) is 3.39. The van der Waals surface area contributed by atoms with E-state index in [9.17, 15) is 4.79 Å². The highest BCUT2D eigenvalue weighted by Gasteiger charge is 2.25. The highest BCUT2D eigenvalue weighted by Crippen LogP contribution is 2.29. The van der Waals surface area contributed by atoms with Gasteiger partial charge >= 0.3 is 5.97 Å². The molecule has 1 saturated heterocycles. The van der Waals surface area contributed by atoms with Crippen LogP contribution in [0.1, 0.15) is 35.1 Å². The lowest BCUT2D eigenvalue weighted by atomic mass is 10.1. The first kappa shape index (κ1) is 15.3. The Hall–Kier alpha value is -1.14. The van der Waals surface area contributed by atoms with E-state index in [2.05, 4.69) is 28.9 Å². The number of carbonyl (C=O) groups excluding carboxylic acids is 1. The lowest BCUT2D eigenvalue weighted by Crippen LogP contribution is -2.45. The van der Waals surface area contributed by atoms with Crippen molar-refractivity contribution in [2.24, 2.45) is 0 Å². The predicted molar refractivity (Wildman–Crippen MR) is 81.7 cm³/mol. The molecule has 20 heavy (non-hydrogen) atoms. The van der Waals surface area contributed by atoms with Crippen LogP contribution in [0.25, 0.3) is 0 Å². The van der Waals surface area contributed by atoms with E-state index >= 15 is 0 Å². The van der Waals surface area contributed by atoms with Gasteiger partial charge in [-0.3, -0.25) is 0 Å². The Morgan fingerprint density at radius 1 is 1.55 bits per heavy atom. The summed E-state index contributed by atoms with van der Waals surface area (Å²) in [4.78, 5) is 21.8. The molecular weight excluding hydrogens is 274 g/mol. The van der Waals surface area contributed by atoms with Gasteiger partial charge in [0.15, 0.2) is 10.8 Å². The zero-order valence-corrected chi connectivity index (χ0v) is 13.5. The minimum Gasteiger partial charge on any atom is -0.461 e. The average molecular weight is 297 g/mol. The SMILES string of the molecule is CCOC(=O)c1nc(N2CCCC(N(C)C)C2)sc1C. The lowest BCUT2D eigenvalue weighted by molar-refractivity contribution is 0.0519. The summed E-state index contributed by atoms with van der Waals surface area (Å²) in [5.41, 5.74) is 0.471. The minimum absolute atomic E-state index is 0.311. The second kappa shape index (κ2) is 6.54. The van der Waals surface area contributed by atoms with Gasteiger partial charge in [-0.1, -0.05) is 0 Å². The molecule has 1 aliphatic rings. The van der Waals surface area contributed by atoms with Crippen molar-refractivity contribution in [3.8, 4) is 0 Å². The third-order valence-electron chi connectivity index (χ3n) is 3.65. The highest BCUT2D eigenvalue weighted by molar-refractivity contribution is 7.15. The van der Waals surface area contributed by atoms with Crippen LogP contribution < -0.4 is 4.90 Å². The first-order valence-electron chi connectivity index (χ1n) is 7.08. The van der Waals surface area contributed by atoms with Crippen LogP contribution in [0.5, 0.6) is 0 Å². The third kappa shape index (κ3) is 3.30. The van der Waals surface area contributed by atoms with E-state index in [1.165, 1.54) is 6.42 Å². The van der Waals surface area contributed by atoms with Crippen LogP contribution in [-0.2, 0) is 4.74 Å². The minimum atomic E-state index is -0.311. The maximum Gasteiger partial charge on any atom is 0.358 e. The molecule has 0 spiro atoms. The molecule has 0 aliphatic carbocycles. The van der Waals surface area contributed by atoms with Gasteiger partial charge in [-0.15, -0.1) is 11.3 Å². The smallest absolute Gasteiger partial charge is 0.358 e. The van der Waals surface area contributed by atoms with E-state index in [1.807, 2.05) is 13.8 Å². The number of rotatable bonds is 4. The van der Waals surface area contributed by atoms with Crippen LogP contribution in [0.3, 0.4) is 0 Å². The van der Waals surface area contributed by atoms with Gasteiger partial charge in [0.25, 0.3) is 0 Å². The lowest BCUT2D eigenvalue weighted by Gasteiger charge is -2.35. The standard InChI is InChI=1S/C14H23N3O2S/c1-5-19-13(18)12-10(2)20-14(15-12)17-8-6-7-11(9-17)16(3)4/h11H,5-9H2,1-4H3. The highest BCUT2D eigenvalue weighted by atomic mass is 32.1. The van der Waals surface area contributed by atoms with Crippen LogP contribution in [0.2, 0.25) is 0 Å². The summed E-state index contributed by atoms with van der Waals surface area (Å²) in [5, 5.41) is 0.942. The van der Waals surface area contributed by atoms with Crippen molar-refractivity contribution in [3.05, 3.63) is 10.6 Å². The van der Waals surface area contributed by atoms with E-state index in [0.29, 0.717) is 18.3 Å². The second-order valence-electron chi connectivity index (χ2n) is 5.33. The number of aryl methyl sites for hydroxylation is 1. The molecule has 1 fully saturated rings. The third-order valence-corrected chi connectivity index (χ3v) is 4.68. The Kier molecular flexibility index (Phi) is 4.99. The van der Waals surface area contributed by atoms with Crippen molar-refractivity contribution < 1.29 is 9.53 Å². The van der Waals surface area contributed by atoms with E-state index in [-0.39, 0.29) is 5.97 Å². The molecule has 1 unspecified atom stereocenters. The number of anilines is 1. The molecule has 1 aromatic rings. The van der Waals surface area contributed by atoms with E-state index in [0.717, 1.165) is 29.5 Å². The summed E-state index contributed by atoms with van der Waals surface area (Å²) < 4.78 is 5.05. The van der Waals surface area contributed by atoms with Crippen LogP contribution >= 0.6 is 11.3 Å². The Morgan fingerprint density at radius 3 is 2.95 bits per heavy atom. The number of thiazole rings is 1. The molecule has 2 rings (SSSR count). The summed E-state index contributed by atoms with van der Waals surface area (Å²) in [6, 6.07) is 0.555. The van der Waals surface area contributed by atoms with E-state index in [4.69, 9.17) is 4.74 Å². The number of aromatic nitrogens is 1. The largest absolute Gasteiger partial charge is 0.461 e. The van der Waals surface area contributed by atoms with Crippen LogP contribution in [0.15, 0.2) is 0 Å². The summed E-state index contributed by atoms with van der Waals surface area (Å²) in [5.74, 6) is -0.311. The van der Waals surface area contributed by atoms with Gasteiger partial charge in [0.1, 0.15) is 0 Å². The van der Waals surface area contributed by atoms with Gasteiger partial charge in [-0.05, 0) is 40.8 Å². The molecule has 112 valence electrons. The molecule has 6 heteroatoms. The first-order chi connectivity index (χ1) is 9.52. The topological polar surface area (TPSA) is 45.7 Å². The normalized spacial score (nSPS) is 19.4. The number of hydrogen-bond acceptors (Lipinski definition) is 6. The Labute approximate surface area is 124 Å². The molecular formula is C14H23N3O2S. The van der Waals surface area contributed by atoms with Crippen molar-refractivity contribution in [1.82, 2.24) is 9.88 Å². The number of ether oxygens (including phenoxy) is 1. The van der Waals surface area contributed by atoms with Crippen LogP contribution in [-0.4, -0.2) is 55.7 Å². The van der Waals surface area contributed by atoms with Crippen molar-refractivity contribution >= 4 is 22.4 Å². The molecule has 1 atom stereocenters. The summed E-state index contributed by atoms with van der Waals surface area (Å²) in [6.07, 6.45) is 2.38. The molecule has 1 aliphatic heterocycles. The first-order valence-corrected chi connectivity index (χ1v) is 7.90. The summed E-state index contributed by atoms with van der Waals surface area (Å²) >= 11 is 1.58. The number of likely N-dealkylation sites (N-methyl/N-ethyl adjacent to an activating group) is 1. The van der Waals surface area contributed by atoms with Crippen molar-refractivity contribution in [2.45, 2.75) is 32.7 Å². The van der Waals surface area contributed by atoms with Gasteiger partial charge in [-0.2, -0.15) is 0 Å². The molecule has 1 aromatic heterocycles. The predicted octanol–water partition coefficient (Wildman–Crippen LogP) is 2.16. The van der Waals surface area contributed by atoms with E-state index in [1.54, 1.807) is 11.3 Å². The number of nitrogens with zero attached hydrogens (tertiary/aromatic N) is 3. The van der Waals surface area contributed by atoms with E-state index < -0.39 is 0 Å². The molecule has 0 bridgehead atoms. The number of piperidine rings is 1. The zero-order chi connectivity index (χ0) is 14.7. The zero-order valence-electron chi connectivity index (χ0n) is 12.7. The van der Waals surface area contributed by atoms with Crippen LogP contribution in [0.4, 0.5) is 5.13 Å². The van der Waals surface area contributed by atoms with Gasteiger partial charge in [0, 0.05) is 24.0 Å². The molecule has 2 heterocycles. The maximum absolute atomic E-state index is 11.8. The van der Waals surface area contributed by atoms with Crippen molar-refractivity contribution in [1.29, 1.82) is 0 Å². The van der Waals surface area contributed by atoms with Crippen LogP contribution in [0, 0.1) is 6.92 Å². The van der Waals surface area contributed by atoms with Gasteiger partial charge in [-0.25, -0.2) is 9.78 Å². The Morgan fingerprint density at radius 2 is 2.30 bits per heavy atom. The molecule has 5 nitrogen and oxygen atoms in total. The second-order valence-corrected chi connectivity index (χ2v) is 6.51. The Balaban J connectivity index is 2.13. The quantitative estimate of drug-likeness (QED) is 0.797. The molecule has 0 aromatic carbocycles. The number of hydrogen-bond donors (Lipinski definition) is 0. The average Bonchev–Trinajstić information content (AvgIpc) is 2.81. The Bertz CT molecular complexity index is 473. The summed E-state index contributed by atoms with van der Waals surface area (Å²) in [6.45, 7) is 6.12. The monoisotopic (exact) mass is 297 g/mol. The number of esters is 1. The maximum atomic E-state index is 11.8. The molecule has 0 amide bonds. The van der Waals surface area contributed by atoms with Crippen molar-refractivity contribution in [2.75, 3.05) is 38.7 Å². The van der Waals surface area contributed by atoms with Gasteiger partial charge in [0.2, 0.25) is 0 Å². The summed E-state index contributed by atoms with van der Waals surface area (Å²) in [7, 11) is 4.23. The molecule has 0 radical (unpaired) electrons.